The molecule has 3 N–H and O–H groups in total. The fraction of sp³-hybridized carbons (Fsp3) is 0.267. The molecule has 0 saturated carbocycles. The topological polar surface area (TPSA) is 50.9 Å². The number of thioether (sulfide) groups is 1. The fourth-order valence-corrected chi connectivity index (χ4v) is 3.94. The van der Waals surface area contributed by atoms with Crippen LogP contribution in [0.25, 0.3) is 0 Å². The van der Waals surface area contributed by atoms with Crippen molar-refractivity contribution in [1.29, 1.82) is 0 Å². The van der Waals surface area contributed by atoms with Crippen LogP contribution in [0.2, 0.25) is 0 Å². The lowest BCUT2D eigenvalue weighted by atomic mass is 9.90. The van der Waals surface area contributed by atoms with Crippen LogP contribution in [0.4, 0.5) is 0 Å². The van der Waals surface area contributed by atoms with E-state index in [2.05, 4.69) is 40.7 Å². The molecule has 0 bridgehead atoms. The number of nitrogens with two attached hydrogens (primary N) is 1. The molecule has 1 aliphatic heterocycles. The van der Waals surface area contributed by atoms with E-state index >= 15 is 0 Å². The smallest absolute Gasteiger partial charge is 0.0328 e. The molecule has 19 heavy (non-hydrogen) atoms. The normalized spacial score (nSPS) is 19.1. The summed E-state index contributed by atoms with van der Waals surface area (Å²) in [6.45, 7) is 0. The lowest BCUT2D eigenvalue weighted by Crippen LogP contribution is -2.41. The van der Waals surface area contributed by atoms with Gasteiger partial charge in [0, 0.05) is 35.0 Å². The molecule has 2 heterocycles. The molecule has 3 rings (SSSR count). The van der Waals surface area contributed by atoms with E-state index in [4.69, 9.17) is 5.84 Å². The number of fused-ring (bicyclic) bond motifs is 1. The van der Waals surface area contributed by atoms with E-state index in [0.717, 1.165) is 12.2 Å². The Bertz CT molecular complexity index is 544. The minimum absolute atomic E-state index is 0.250. The number of rotatable bonds is 4. The average Bonchev–Trinajstić information content (AvgIpc) is 2.90. The maximum atomic E-state index is 5.78. The van der Waals surface area contributed by atoms with Crippen LogP contribution in [0.3, 0.4) is 0 Å². The molecule has 98 valence electrons. The highest BCUT2D eigenvalue weighted by molar-refractivity contribution is 7.99. The summed E-state index contributed by atoms with van der Waals surface area (Å²) >= 11 is 1.92. The summed E-state index contributed by atoms with van der Waals surface area (Å²) in [5, 5.41) is 0. The van der Waals surface area contributed by atoms with Gasteiger partial charge in [-0.3, -0.25) is 16.3 Å². The molecule has 0 aliphatic carbocycles. The number of nitrogens with one attached hydrogen (secondary N) is 1. The number of aromatic nitrogens is 1. The molecule has 1 aromatic carbocycles. The molecule has 0 saturated heterocycles. The highest BCUT2D eigenvalue weighted by atomic mass is 32.2. The maximum Gasteiger partial charge on any atom is 0.0328 e. The van der Waals surface area contributed by atoms with Gasteiger partial charge >= 0.3 is 0 Å². The quantitative estimate of drug-likeness (QED) is 0.662. The first-order valence-corrected chi connectivity index (χ1v) is 7.44. The van der Waals surface area contributed by atoms with E-state index in [-0.39, 0.29) is 6.04 Å². The molecular formula is C15H17N3S. The first-order chi connectivity index (χ1) is 9.38. The Balaban J connectivity index is 1.81. The summed E-state index contributed by atoms with van der Waals surface area (Å²) in [6, 6.07) is 12.9. The van der Waals surface area contributed by atoms with Gasteiger partial charge in [-0.1, -0.05) is 24.3 Å². The van der Waals surface area contributed by atoms with Gasteiger partial charge < -0.3 is 0 Å². The van der Waals surface area contributed by atoms with Gasteiger partial charge in [-0.05, 0) is 29.7 Å². The Labute approximate surface area is 117 Å². The third kappa shape index (κ3) is 2.66. The Hall–Kier alpha value is -1.36. The number of pyridine rings is 1. The minimum atomic E-state index is 0.250. The largest absolute Gasteiger partial charge is 0.271 e. The minimum Gasteiger partial charge on any atom is -0.271 e. The van der Waals surface area contributed by atoms with Crippen molar-refractivity contribution >= 4 is 11.8 Å². The summed E-state index contributed by atoms with van der Waals surface area (Å²) in [5.74, 6) is 7.33. The van der Waals surface area contributed by atoms with Crippen molar-refractivity contribution in [2.24, 2.45) is 5.84 Å². The van der Waals surface area contributed by atoms with Gasteiger partial charge in [0.05, 0.1) is 0 Å². The van der Waals surface area contributed by atoms with Gasteiger partial charge in [0.15, 0.2) is 0 Å². The van der Waals surface area contributed by atoms with Crippen LogP contribution in [0.15, 0.2) is 53.7 Å². The maximum absolute atomic E-state index is 5.78. The Morgan fingerprint density at radius 1 is 1.32 bits per heavy atom. The van der Waals surface area contributed by atoms with Gasteiger partial charge in [0.25, 0.3) is 0 Å². The van der Waals surface area contributed by atoms with E-state index in [0.29, 0.717) is 5.92 Å². The van der Waals surface area contributed by atoms with Crippen molar-refractivity contribution in [3.63, 3.8) is 0 Å². The van der Waals surface area contributed by atoms with Gasteiger partial charge in [0.2, 0.25) is 0 Å². The zero-order valence-electron chi connectivity index (χ0n) is 10.6. The molecule has 2 atom stereocenters. The van der Waals surface area contributed by atoms with Gasteiger partial charge in [-0.25, -0.2) is 0 Å². The number of hydrogen-bond acceptors (Lipinski definition) is 4. The Morgan fingerprint density at radius 3 is 3.00 bits per heavy atom. The van der Waals surface area contributed by atoms with Crippen LogP contribution in [-0.4, -0.2) is 16.8 Å². The second-order valence-corrected chi connectivity index (χ2v) is 5.86. The molecule has 1 aromatic heterocycles. The number of hydrazine groups is 1. The van der Waals surface area contributed by atoms with Crippen LogP contribution in [0.5, 0.6) is 0 Å². The second kappa shape index (κ2) is 5.74. The van der Waals surface area contributed by atoms with Gasteiger partial charge in [-0.2, -0.15) is 0 Å². The molecule has 0 spiro atoms. The number of hydrogen-bond donors (Lipinski definition) is 2. The first kappa shape index (κ1) is 12.7. The molecule has 4 heteroatoms. The van der Waals surface area contributed by atoms with Crippen LogP contribution in [0.1, 0.15) is 17.0 Å². The van der Waals surface area contributed by atoms with Crippen LogP contribution < -0.4 is 11.3 Å². The zero-order chi connectivity index (χ0) is 13.1. The summed E-state index contributed by atoms with van der Waals surface area (Å²) < 4.78 is 0. The van der Waals surface area contributed by atoms with Crippen LogP contribution in [0, 0.1) is 0 Å². The van der Waals surface area contributed by atoms with Crippen molar-refractivity contribution in [1.82, 2.24) is 10.4 Å². The lowest BCUT2D eigenvalue weighted by Gasteiger charge is -2.23. The van der Waals surface area contributed by atoms with Crippen molar-refractivity contribution < 1.29 is 0 Å². The van der Waals surface area contributed by atoms with Gasteiger partial charge in [-0.15, -0.1) is 11.8 Å². The number of benzene rings is 1. The predicted octanol–water partition coefficient (Wildman–Crippen LogP) is 2.35. The number of nitrogens with zero attached hydrogens (tertiary/aromatic N) is 1. The third-order valence-electron chi connectivity index (χ3n) is 3.62. The predicted molar refractivity (Wildman–Crippen MR) is 79.0 cm³/mol. The molecule has 3 nitrogen and oxygen atoms in total. The van der Waals surface area contributed by atoms with Crippen molar-refractivity contribution in [2.45, 2.75) is 23.3 Å². The van der Waals surface area contributed by atoms with Crippen molar-refractivity contribution in [2.75, 3.05) is 5.75 Å². The van der Waals surface area contributed by atoms with Crippen molar-refractivity contribution in [3.8, 4) is 0 Å². The lowest BCUT2D eigenvalue weighted by molar-refractivity contribution is 0.462. The molecule has 0 radical (unpaired) electrons. The molecular weight excluding hydrogens is 254 g/mol. The first-order valence-electron chi connectivity index (χ1n) is 6.45. The van der Waals surface area contributed by atoms with E-state index in [9.17, 15) is 0 Å². The summed E-state index contributed by atoms with van der Waals surface area (Å²) in [4.78, 5) is 5.56. The average molecular weight is 271 g/mol. The Kier molecular flexibility index (Phi) is 3.82. The summed E-state index contributed by atoms with van der Waals surface area (Å²) in [6.07, 6.45) is 4.62. The third-order valence-corrected chi connectivity index (χ3v) is 4.82. The summed E-state index contributed by atoms with van der Waals surface area (Å²) in [7, 11) is 0. The highest BCUT2D eigenvalue weighted by Gasteiger charge is 2.29. The van der Waals surface area contributed by atoms with Crippen LogP contribution in [-0.2, 0) is 6.42 Å². The monoisotopic (exact) mass is 271 g/mol. The van der Waals surface area contributed by atoms with E-state index in [1.165, 1.54) is 16.0 Å². The molecule has 2 aromatic rings. The fourth-order valence-electron chi connectivity index (χ4n) is 2.61. The summed E-state index contributed by atoms with van der Waals surface area (Å²) in [5.41, 5.74) is 5.63. The van der Waals surface area contributed by atoms with E-state index in [1.807, 2.05) is 24.0 Å². The van der Waals surface area contributed by atoms with Crippen LogP contribution >= 0.6 is 11.8 Å². The molecule has 0 fully saturated rings. The molecule has 1 aliphatic rings. The SMILES string of the molecule is NNC(Cc1cccnc1)C1CSc2ccccc21. The standard InChI is InChI=1S/C15H17N3S/c16-18-14(8-11-4-3-7-17-9-11)13-10-19-15-6-2-1-5-12(13)15/h1-7,9,13-14,18H,8,10,16H2. The zero-order valence-corrected chi connectivity index (χ0v) is 11.4. The Morgan fingerprint density at radius 2 is 2.21 bits per heavy atom. The van der Waals surface area contributed by atoms with Gasteiger partial charge in [0.1, 0.15) is 0 Å². The molecule has 2 unspecified atom stereocenters. The van der Waals surface area contributed by atoms with E-state index in [1.54, 1.807) is 6.20 Å². The second-order valence-electron chi connectivity index (χ2n) is 4.79. The van der Waals surface area contributed by atoms with E-state index < -0.39 is 0 Å². The highest BCUT2D eigenvalue weighted by Crippen LogP contribution is 2.41. The molecule has 0 amide bonds. The van der Waals surface area contributed by atoms with Crippen molar-refractivity contribution in [3.05, 3.63) is 59.9 Å².